The Bertz CT molecular complexity index is 785. The number of benzene rings is 2. The van der Waals surface area contributed by atoms with Crippen molar-refractivity contribution in [2.24, 2.45) is 0 Å². The van der Waals surface area contributed by atoms with Gasteiger partial charge in [0.05, 0.1) is 5.52 Å². The van der Waals surface area contributed by atoms with E-state index in [2.05, 4.69) is 4.98 Å². The van der Waals surface area contributed by atoms with Gasteiger partial charge in [0.1, 0.15) is 12.4 Å². The van der Waals surface area contributed by atoms with Gasteiger partial charge in [0.2, 0.25) is 0 Å². The molecule has 0 fully saturated rings. The molecule has 106 valence electrons. The number of aromatic nitrogens is 1. The molecule has 2 N–H and O–H groups in total. The van der Waals surface area contributed by atoms with Crippen molar-refractivity contribution in [1.82, 2.24) is 4.98 Å². The minimum Gasteiger partial charge on any atom is -0.483 e. The SMILES string of the molecule is Nc1nc2ccccc2cc1COc1c(F)cccc1F. The highest BCUT2D eigenvalue weighted by molar-refractivity contribution is 5.81. The van der Waals surface area contributed by atoms with E-state index in [1.807, 2.05) is 24.3 Å². The molecule has 0 aliphatic carbocycles. The summed E-state index contributed by atoms with van der Waals surface area (Å²) in [6.45, 7) is -0.0540. The standard InChI is InChI=1S/C16H12F2N2O/c17-12-5-3-6-13(18)15(12)21-9-11-8-10-4-1-2-7-14(10)20-16(11)19/h1-8H,9H2,(H2,19,20). The predicted molar refractivity (Wildman–Crippen MR) is 76.8 cm³/mol. The fourth-order valence-electron chi connectivity index (χ4n) is 2.06. The molecule has 0 spiro atoms. The van der Waals surface area contributed by atoms with E-state index in [0.717, 1.165) is 23.0 Å². The molecule has 0 aliphatic heterocycles. The Labute approximate surface area is 120 Å². The Kier molecular flexibility index (Phi) is 3.39. The number of fused-ring (bicyclic) bond motifs is 1. The number of anilines is 1. The van der Waals surface area contributed by atoms with Crippen LogP contribution in [0.5, 0.6) is 5.75 Å². The Morgan fingerprint density at radius 3 is 2.48 bits per heavy atom. The zero-order valence-electron chi connectivity index (χ0n) is 11.0. The van der Waals surface area contributed by atoms with Crippen molar-refractivity contribution in [2.75, 3.05) is 5.73 Å². The summed E-state index contributed by atoms with van der Waals surface area (Å²) in [5.74, 6) is -1.62. The van der Waals surface area contributed by atoms with E-state index >= 15 is 0 Å². The molecule has 0 atom stereocenters. The second-order valence-electron chi connectivity index (χ2n) is 4.56. The Morgan fingerprint density at radius 1 is 1.00 bits per heavy atom. The maximum absolute atomic E-state index is 13.5. The van der Waals surface area contributed by atoms with Crippen molar-refractivity contribution in [1.29, 1.82) is 0 Å². The normalized spacial score (nSPS) is 10.8. The molecule has 1 aromatic heterocycles. The Hall–Kier alpha value is -2.69. The molecule has 0 saturated carbocycles. The van der Waals surface area contributed by atoms with E-state index in [-0.39, 0.29) is 12.4 Å². The number of nitrogens with zero attached hydrogens (tertiary/aromatic N) is 1. The van der Waals surface area contributed by atoms with Crippen molar-refractivity contribution in [3.63, 3.8) is 0 Å². The predicted octanol–water partition coefficient (Wildman–Crippen LogP) is 3.67. The monoisotopic (exact) mass is 286 g/mol. The van der Waals surface area contributed by atoms with Gasteiger partial charge in [-0.05, 0) is 24.3 Å². The minimum atomic E-state index is -0.748. The molecule has 0 radical (unpaired) electrons. The van der Waals surface area contributed by atoms with Gasteiger partial charge in [-0.15, -0.1) is 0 Å². The number of para-hydroxylation sites is 2. The molecule has 0 bridgehead atoms. The van der Waals surface area contributed by atoms with Crippen LogP contribution in [0.25, 0.3) is 10.9 Å². The summed E-state index contributed by atoms with van der Waals surface area (Å²) in [5, 5.41) is 0.888. The molecule has 5 heteroatoms. The van der Waals surface area contributed by atoms with Crippen LogP contribution >= 0.6 is 0 Å². The number of nitrogen functional groups attached to an aromatic ring is 1. The molecule has 0 unspecified atom stereocenters. The van der Waals surface area contributed by atoms with Crippen LogP contribution in [-0.2, 0) is 6.61 Å². The van der Waals surface area contributed by atoms with Gasteiger partial charge in [-0.3, -0.25) is 0 Å². The molecule has 21 heavy (non-hydrogen) atoms. The van der Waals surface area contributed by atoms with E-state index in [0.29, 0.717) is 5.56 Å². The highest BCUT2D eigenvalue weighted by Gasteiger charge is 2.11. The van der Waals surface area contributed by atoms with E-state index in [4.69, 9.17) is 10.5 Å². The van der Waals surface area contributed by atoms with Gasteiger partial charge in [0.15, 0.2) is 17.4 Å². The summed E-state index contributed by atoms with van der Waals surface area (Å²) in [5.41, 5.74) is 7.19. The van der Waals surface area contributed by atoms with E-state index < -0.39 is 17.4 Å². The summed E-state index contributed by atoms with van der Waals surface area (Å²) >= 11 is 0. The second-order valence-corrected chi connectivity index (χ2v) is 4.56. The third kappa shape index (κ3) is 2.63. The van der Waals surface area contributed by atoms with Crippen molar-refractivity contribution in [3.05, 3.63) is 65.7 Å². The van der Waals surface area contributed by atoms with Crippen molar-refractivity contribution in [2.45, 2.75) is 6.61 Å². The van der Waals surface area contributed by atoms with Gasteiger partial charge < -0.3 is 10.5 Å². The summed E-state index contributed by atoms with van der Waals surface area (Å²) in [7, 11) is 0. The van der Waals surface area contributed by atoms with Crippen LogP contribution in [0.2, 0.25) is 0 Å². The summed E-state index contributed by atoms with van der Waals surface area (Å²) in [4.78, 5) is 4.24. The van der Waals surface area contributed by atoms with Crippen LogP contribution in [0, 0.1) is 11.6 Å². The van der Waals surface area contributed by atoms with Crippen LogP contribution in [0.1, 0.15) is 5.56 Å². The van der Waals surface area contributed by atoms with Gasteiger partial charge >= 0.3 is 0 Å². The first kappa shape index (κ1) is 13.3. The van der Waals surface area contributed by atoms with Crippen LogP contribution < -0.4 is 10.5 Å². The molecule has 3 aromatic rings. The number of hydrogen-bond acceptors (Lipinski definition) is 3. The first-order valence-electron chi connectivity index (χ1n) is 6.36. The average Bonchev–Trinajstić information content (AvgIpc) is 2.47. The molecule has 2 aromatic carbocycles. The number of halogens is 2. The number of ether oxygens (including phenoxy) is 1. The highest BCUT2D eigenvalue weighted by atomic mass is 19.1. The first-order valence-corrected chi connectivity index (χ1v) is 6.36. The van der Waals surface area contributed by atoms with Gasteiger partial charge in [-0.2, -0.15) is 0 Å². The summed E-state index contributed by atoms with van der Waals surface area (Å²) in [6.07, 6.45) is 0. The molecular weight excluding hydrogens is 274 g/mol. The number of rotatable bonds is 3. The Balaban J connectivity index is 1.90. The van der Waals surface area contributed by atoms with E-state index in [1.54, 1.807) is 6.07 Å². The number of hydrogen-bond donors (Lipinski definition) is 1. The lowest BCUT2D eigenvalue weighted by Gasteiger charge is -2.10. The fourth-order valence-corrected chi connectivity index (χ4v) is 2.06. The second kappa shape index (κ2) is 5.36. The van der Waals surface area contributed by atoms with Gasteiger partial charge in [-0.25, -0.2) is 13.8 Å². The summed E-state index contributed by atoms with van der Waals surface area (Å²) < 4.78 is 32.2. The molecular formula is C16H12F2N2O. The zero-order chi connectivity index (χ0) is 14.8. The van der Waals surface area contributed by atoms with E-state index in [9.17, 15) is 8.78 Å². The molecule has 0 saturated heterocycles. The minimum absolute atomic E-state index is 0.0540. The van der Waals surface area contributed by atoms with Crippen molar-refractivity contribution >= 4 is 16.7 Å². The largest absolute Gasteiger partial charge is 0.483 e. The van der Waals surface area contributed by atoms with Crippen LogP contribution in [0.4, 0.5) is 14.6 Å². The lowest BCUT2D eigenvalue weighted by atomic mass is 10.1. The topological polar surface area (TPSA) is 48.1 Å². The zero-order valence-corrected chi connectivity index (χ0v) is 11.0. The lowest BCUT2D eigenvalue weighted by Crippen LogP contribution is -2.04. The van der Waals surface area contributed by atoms with Crippen molar-refractivity contribution in [3.8, 4) is 5.75 Å². The molecule has 3 rings (SSSR count). The molecule has 1 heterocycles. The molecule has 0 amide bonds. The third-order valence-electron chi connectivity index (χ3n) is 3.13. The van der Waals surface area contributed by atoms with Crippen LogP contribution in [-0.4, -0.2) is 4.98 Å². The smallest absolute Gasteiger partial charge is 0.191 e. The number of pyridine rings is 1. The highest BCUT2D eigenvalue weighted by Crippen LogP contribution is 2.24. The third-order valence-corrected chi connectivity index (χ3v) is 3.13. The van der Waals surface area contributed by atoms with Gasteiger partial charge in [0, 0.05) is 10.9 Å². The number of nitrogens with two attached hydrogens (primary N) is 1. The maximum Gasteiger partial charge on any atom is 0.191 e. The van der Waals surface area contributed by atoms with Crippen molar-refractivity contribution < 1.29 is 13.5 Å². The summed E-state index contributed by atoms with van der Waals surface area (Å²) in [6, 6.07) is 12.8. The fraction of sp³-hybridized carbons (Fsp3) is 0.0625. The lowest BCUT2D eigenvalue weighted by molar-refractivity contribution is 0.274. The Morgan fingerprint density at radius 2 is 1.71 bits per heavy atom. The average molecular weight is 286 g/mol. The quantitative estimate of drug-likeness (QED) is 0.799. The van der Waals surface area contributed by atoms with Crippen LogP contribution in [0.3, 0.4) is 0 Å². The van der Waals surface area contributed by atoms with Gasteiger partial charge in [-0.1, -0.05) is 24.3 Å². The van der Waals surface area contributed by atoms with Crippen LogP contribution in [0.15, 0.2) is 48.5 Å². The van der Waals surface area contributed by atoms with Gasteiger partial charge in [0.25, 0.3) is 0 Å². The molecule has 0 aliphatic rings. The molecule has 3 nitrogen and oxygen atoms in total. The first-order chi connectivity index (χ1) is 10.1. The maximum atomic E-state index is 13.5. The van der Waals surface area contributed by atoms with E-state index in [1.165, 1.54) is 6.07 Å².